The third-order valence-electron chi connectivity index (χ3n) is 2.03. The molecule has 0 aliphatic heterocycles. The molecule has 1 aromatic carbocycles. The number of hydrogen-bond acceptors (Lipinski definition) is 3. The van der Waals surface area contributed by atoms with E-state index in [2.05, 4.69) is 0 Å². The van der Waals surface area contributed by atoms with E-state index in [9.17, 15) is 0 Å². The van der Waals surface area contributed by atoms with E-state index in [1.54, 1.807) is 7.11 Å². The first-order valence-electron chi connectivity index (χ1n) is 4.56. The van der Waals surface area contributed by atoms with Gasteiger partial charge in [-0.15, -0.1) is 0 Å². The molecule has 1 rings (SSSR count). The molecule has 76 valence electrons. The minimum absolute atomic E-state index is 0.202. The van der Waals surface area contributed by atoms with E-state index in [0.29, 0.717) is 5.05 Å². The van der Waals surface area contributed by atoms with Crippen LogP contribution in [0.15, 0.2) is 24.3 Å². The van der Waals surface area contributed by atoms with Crippen LogP contribution in [0.3, 0.4) is 0 Å². The fourth-order valence-corrected chi connectivity index (χ4v) is 1.52. The molecule has 0 unspecified atom stereocenters. The van der Waals surface area contributed by atoms with Crippen molar-refractivity contribution >= 4 is 17.3 Å². The maximum Gasteiger partial charge on any atom is 0.191 e. The highest BCUT2D eigenvalue weighted by molar-refractivity contribution is 7.80. The second kappa shape index (κ2) is 5.73. The van der Waals surface area contributed by atoms with Gasteiger partial charge in [-0.3, -0.25) is 0 Å². The van der Waals surface area contributed by atoms with Crippen LogP contribution in [0, 0.1) is 0 Å². The van der Waals surface area contributed by atoms with Crippen molar-refractivity contribution in [3.63, 3.8) is 0 Å². The first-order valence-corrected chi connectivity index (χ1v) is 4.97. The highest BCUT2D eigenvalue weighted by Crippen LogP contribution is 2.12. The molecule has 0 spiro atoms. The molecule has 0 saturated carbocycles. The summed E-state index contributed by atoms with van der Waals surface area (Å²) in [5.74, 6) is 0. The predicted molar refractivity (Wildman–Crippen MR) is 60.6 cm³/mol. The Morgan fingerprint density at radius 1 is 1.43 bits per heavy atom. The summed E-state index contributed by atoms with van der Waals surface area (Å²) in [7, 11) is 1.57. The van der Waals surface area contributed by atoms with Crippen molar-refractivity contribution in [2.24, 2.45) is 0 Å². The van der Waals surface area contributed by atoms with Gasteiger partial charge in [-0.2, -0.15) is 0 Å². The molecule has 0 atom stereocenters. The van der Waals surface area contributed by atoms with Crippen LogP contribution in [0.4, 0.5) is 0 Å². The maximum atomic E-state index is 8.75. The van der Waals surface area contributed by atoms with E-state index in [1.165, 1.54) is 0 Å². The largest absolute Gasteiger partial charge is 0.486 e. The van der Waals surface area contributed by atoms with Gasteiger partial charge in [0, 0.05) is 12.2 Å². The van der Waals surface area contributed by atoms with Gasteiger partial charge in [0.05, 0.1) is 7.11 Å². The fraction of sp³-hybridized carbons (Fsp3) is 0.364. The molecule has 0 radical (unpaired) electrons. The van der Waals surface area contributed by atoms with Gasteiger partial charge in [0.25, 0.3) is 0 Å². The van der Waals surface area contributed by atoms with Crippen LogP contribution in [0.5, 0.6) is 0 Å². The zero-order valence-corrected chi connectivity index (χ0v) is 9.01. The lowest BCUT2D eigenvalue weighted by Gasteiger charge is -2.08. The number of benzene rings is 1. The highest BCUT2D eigenvalue weighted by Gasteiger charge is 2.06. The summed E-state index contributed by atoms with van der Waals surface area (Å²) < 4.78 is 5.03. The lowest BCUT2D eigenvalue weighted by Crippen LogP contribution is -2.04. The normalized spacial score (nSPS) is 9.86. The van der Waals surface area contributed by atoms with Crippen molar-refractivity contribution in [2.45, 2.75) is 12.8 Å². The average molecular weight is 210 g/mol. The predicted octanol–water partition coefficient (Wildman–Crippen LogP) is 1.93. The van der Waals surface area contributed by atoms with Crippen molar-refractivity contribution in [3.05, 3.63) is 35.4 Å². The van der Waals surface area contributed by atoms with E-state index in [0.717, 1.165) is 24.0 Å². The molecule has 0 heterocycles. The average Bonchev–Trinajstić information content (AvgIpc) is 2.25. The Morgan fingerprint density at radius 2 is 2.14 bits per heavy atom. The smallest absolute Gasteiger partial charge is 0.191 e. The Hall–Kier alpha value is -0.930. The summed E-state index contributed by atoms with van der Waals surface area (Å²) in [4.78, 5) is 0. The number of aliphatic hydroxyl groups excluding tert-OH is 1. The SMILES string of the molecule is COC(=S)c1ccccc1CCCO. The van der Waals surface area contributed by atoms with E-state index in [1.807, 2.05) is 24.3 Å². The van der Waals surface area contributed by atoms with Crippen molar-refractivity contribution in [2.75, 3.05) is 13.7 Å². The number of rotatable bonds is 4. The lowest BCUT2D eigenvalue weighted by molar-refractivity contribution is 0.288. The first kappa shape index (κ1) is 11.1. The first-order chi connectivity index (χ1) is 6.79. The van der Waals surface area contributed by atoms with Crippen molar-refractivity contribution in [3.8, 4) is 0 Å². The molecular weight excluding hydrogens is 196 g/mol. The molecule has 1 aromatic rings. The topological polar surface area (TPSA) is 29.5 Å². The highest BCUT2D eigenvalue weighted by atomic mass is 32.1. The molecule has 2 nitrogen and oxygen atoms in total. The molecule has 1 N–H and O–H groups in total. The number of hydrogen-bond donors (Lipinski definition) is 1. The number of methoxy groups -OCH3 is 1. The Morgan fingerprint density at radius 3 is 2.79 bits per heavy atom. The molecule has 0 aliphatic rings. The summed E-state index contributed by atoms with van der Waals surface area (Å²) >= 11 is 5.07. The molecule has 0 amide bonds. The quantitative estimate of drug-likeness (QED) is 0.770. The van der Waals surface area contributed by atoms with Crippen LogP contribution < -0.4 is 0 Å². The minimum atomic E-state index is 0.202. The molecule has 3 heteroatoms. The third-order valence-corrected chi connectivity index (χ3v) is 2.41. The zero-order valence-electron chi connectivity index (χ0n) is 8.19. The van der Waals surface area contributed by atoms with Gasteiger partial charge < -0.3 is 9.84 Å². The van der Waals surface area contributed by atoms with Gasteiger partial charge in [-0.1, -0.05) is 24.3 Å². The zero-order chi connectivity index (χ0) is 10.4. The molecular formula is C11H14O2S. The Bertz CT molecular complexity index is 310. The van der Waals surface area contributed by atoms with E-state index >= 15 is 0 Å². The molecule has 0 aliphatic carbocycles. The molecule has 14 heavy (non-hydrogen) atoms. The monoisotopic (exact) mass is 210 g/mol. The van der Waals surface area contributed by atoms with E-state index in [-0.39, 0.29) is 6.61 Å². The van der Waals surface area contributed by atoms with Crippen molar-refractivity contribution in [1.29, 1.82) is 0 Å². The Labute approximate surface area is 89.5 Å². The number of ether oxygens (including phenoxy) is 1. The van der Waals surface area contributed by atoms with Gasteiger partial charge in [-0.25, -0.2) is 0 Å². The van der Waals surface area contributed by atoms with Gasteiger partial charge in [0.1, 0.15) is 0 Å². The van der Waals surface area contributed by atoms with Crippen molar-refractivity contribution in [1.82, 2.24) is 0 Å². The second-order valence-corrected chi connectivity index (χ2v) is 3.35. The summed E-state index contributed by atoms with van der Waals surface area (Å²) in [6, 6.07) is 7.85. The van der Waals surface area contributed by atoms with Gasteiger partial charge in [0.15, 0.2) is 5.05 Å². The van der Waals surface area contributed by atoms with Gasteiger partial charge in [0.2, 0.25) is 0 Å². The van der Waals surface area contributed by atoms with Crippen LogP contribution in [0.1, 0.15) is 17.5 Å². The Kier molecular flexibility index (Phi) is 4.56. The summed E-state index contributed by atoms with van der Waals surface area (Å²) in [5.41, 5.74) is 2.09. The molecule has 0 fully saturated rings. The Balaban J connectivity index is 2.85. The van der Waals surface area contributed by atoms with Crippen LogP contribution >= 0.6 is 12.2 Å². The van der Waals surface area contributed by atoms with Crippen LogP contribution in [-0.4, -0.2) is 23.9 Å². The van der Waals surface area contributed by atoms with Gasteiger partial charge in [-0.05, 0) is 30.6 Å². The van der Waals surface area contributed by atoms with Crippen LogP contribution in [-0.2, 0) is 11.2 Å². The van der Waals surface area contributed by atoms with E-state index < -0.39 is 0 Å². The third kappa shape index (κ3) is 2.79. The number of aryl methyl sites for hydroxylation is 1. The fourth-order valence-electron chi connectivity index (χ4n) is 1.32. The lowest BCUT2D eigenvalue weighted by atomic mass is 10.0. The second-order valence-electron chi connectivity index (χ2n) is 2.98. The van der Waals surface area contributed by atoms with Crippen LogP contribution in [0.25, 0.3) is 0 Å². The summed E-state index contributed by atoms with van der Waals surface area (Å²) in [6.45, 7) is 0.202. The summed E-state index contributed by atoms with van der Waals surface area (Å²) in [6.07, 6.45) is 1.58. The molecule has 0 bridgehead atoms. The standard InChI is InChI=1S/C11H14O2S/c1-13-11(14)10-7-3-2-5-9(10)6-4-8-12/h2-3,5,7,12H,4,6,8H2,1H3. The van der Waals surface area contributed by atoms with Crippen molar-refractivity contribution < 1.29 is 9.84 Å². The number of thiocarbonyl (C=S) groups is 1. The molecule has 0 aromatic heterocycles. The molecule has 0 saturated heterocycles. The van der Waals surface area contributed by atoms with Crippen LogP contribution in [0.2, 0.25) is 0 Å². The van der Waals surface area contributed by atoms with Gasteiger partial charge >= 0.3 is 0 Å². The minimum Gasteiger partial charge on any atom is -0.486 e. The van der Waals surface area contributed by atoms with E-state index in [4.69, 9.17) is 22.1 Å². The number of aliphatic hydroxyl groups is 1. The summed E-state index contributed by atoms with van der Waals surface area (Å²) in [5, 5.41) is 9.26. The maximum absolute atomic E-state index is 8.75.